The summed E-state index contributed by atoms with van der Waals surface area (Å²) in [5, 5.41) is 27.4. The maximum atomic E-state index is 10.5. The van der Waals surface area contributed by atoms with Crippen LogP contribution in [-0.2, 0) is 0 Å². The van der Waals surface area contributed by atoms with E-state index in [0.29, 0.717) is 0 Å². The Bertz CT molecular complexity index is 885. The number of para-hydroxylation sites is 1. The van der Waals surface area contributed by atoms with Gasteiger partial charge in [-0.05, 0) is 24.3 Å². The van der Waals surface area contributed by atoms with E-state index in [-0.39, 0.29) is 16.8 Å². The lowest BCUT2D eigenvalue weighted by molar-refractivity contribution is -0.385. The van der Waals surface area contributed by atoms with Gasteiger partial charge in [0.1, 0.15) is 5.56 Å². The van der Waals surface area contributed by atoms with Crippen molar-refractivity contribution in [3.05, 3.63) is 70.0 Å². The van der Waals surface area contributed by atoms with E-state index in [1.54, 1.807) is 12.1 Å². The number of imidazole rings is 1. The second-order valence-electron chi connectivity index (χ2n) is 4.52. The van der Waals surface area contributed by atoms with Crippen LogP contribution in [0.25, 0.3) is 11.0 Å². The van der Waals surface area contributed by atoms with Crippen LogP contribution in [0.15, 0.2) is 48.8 Å². The summed E-state index contributed by atoms with van der Waals surface area (Å²) < 4.78 is 0. The number of aromatic amines is 1. The number of nitro benzene ring substituents is 1. The van der Waals surface area contributed by atoms with Gasteiger partial charge in [-0.2, -0.15) is 0 Å². The van der Waals surface area contributed by atoms with Gasteiger partial charge in [0.25, 0.3) is 5.69 Å². The molecule has 1 aromatic heterocycles. The number of nitrogens with zero attached hydrogens (tertiary/aromatic N) is 2. The molecule has 3 N–H and O–H groups in total. The first-order valence-corrected chi connectivity index (χ1v) is 6.53. The summed E-state index contributed by atoms with van der Waals surface area (Å²) >= 11 is 0. The molecule has 0 unspecified atom stereocenters. The molecule has 122 valence electrons. The number of rotatable bonds is 3. The molecule has 24 heavy (non-hydrogen) atoms. The van der Waals surface area contributed by atoms with Gasteiger partial charge in [0.2, 0.25) is 0 Å². The first-order valence-electron chi connectivity index (χ1n) is 6.53. The third-order valence-corrected chi connectivity index (χ3v) is 3.00. The average Bonchev–Trinajstić information content (AvgIpc) is 3.02. The average molecular weight is 329 g/mol. The minimum Gasteiger partial charge on any atom is -0.478 e. The fourth-order valence-corrected chi connectivity index (χ4v) is 1.88. The summed E-state index contributed by atoms with van der Waals surface area (Å²) in [6.45, 7) is 0. The molecule has 0 radical (unpaired) electrons. The molecule has 0 aliphatic heterocycles. The SMILES string of the molecule is O=C(O)c1ccc2nc[nH]c2c1.O=C(O)c1ccccc1[N+](=O)[O-]. The van der Waals surface area contributed by atoms with Crippen LogP contribution in [0.3, 0.4) is 0 Å². The molecule has 0 saturated heterocycles. The number of aromatic carboxylic acids is 2. The first kappa shape index (κ1) is 16.6. The van der Waals surface area contributed by atoms with Gasteiger partial charge in [-0.1, -0.05) is 12.1 Å². The maximum Gasteiger partial charge on any atom is 0.342 e. The third kappa shape index (κ3) is 3.71. The molecular weight excluding hydrogens is 318 g/mol. The number of H-pyrrole nitrogens is 1. The minimum absolute atomic E-state index is 0.270. The highest BCUT2D eigenvalue weighted by Crippen LogP contribution is 2.16. The summed E-state index contributed by atoms with van der Waals surface area (Å²) in [5.74, 6) is -2.21. The van der Waals surface area contributed by atoms with E-state index >= 15 is 0 Å². The van der Waals surface area contributed by atoms with Crippen molar-refractivity contribution >= 4 is 28.7 Å². The lowest BCUT2D eigenvalue weighted by Gasteiger charge is -1.94. The zero-order valence-corrected chi connectivity index (χ0v) is 12.0. The van der Waals surface area contributed by atoms with Crippen LogP contribution in [0.2, 0.25) is 0 Å². The van der Waals surface area contributed by atoms with Gasteiger partial charge in [-0.15, -0.1) is 0 Å². The van der Waals surface area contributed by atoms with E-state index in [9.17, 15) is 19.7 Å². The van der Waals surface area contributed by atoms with Gasteiger partial charge in [0.15, 0.2) is 0 Å². The van der Waals surface area contributed by atoms with Gasteiger partial charge < -0.3 is 15.2 Å². The molecule has 0 atom stereocenters. The molecule has 0 saturated carbocycles. The Morgan fingerprint density at radius 3 is 2.38 bits per heavy atom. The Morgan fingerprint density at radius 1 is 1.08 bits per heavy atom. The predicted molar refractivity (Wildman–Crippen MR) is 83.1 cm³/mol. The third-order valence-electron chi connectivity index (χ3n) is 3.00. The number of aromatic nitrogens is 2. The molecule has 0 aliphatic rings. The van der Waals surface area contributed by atoms with Crippen molar-refractivity contribution in [1.82, 2.24) is 9.97 Å². The smallest absolute Gasteiger partial charge is 0.342 e. The van der Waals surface area contributed by atoms with Crippen molar-refractivity contribution < 1.29 is 24.7 Å². The second kappa shape index (κ2) is 7.01. The Kier molecular flexibility index (Phi) is 4.85. The number of carboxylic acid groups (broad SMARTS) is 2. The van der Waals surface area contributed by atoms with Crippen molar-refractivity contribution in [3.8, 4) is 0 Å². The molecule has 0 amide bonds. The van der Waals surface area contributed by atoms with Crippen LogP contribution in [-0.4, -0.2) is 37.0 Å². The molecule has 0 spiro atoms. The number of benzene rings is 2. The van der Waals surface area contributed by atoms with Gasteiger partial charge >= 0.3 is 11.9 Å². The van der Waals surface area contributed by atoms with Crippen LogP contribution in [0.5, 0.6) is 0 Å². The van der Waals surface area contributed by atoms with Crippen molar-refractivity contribution in [1.29, 1.82) is 0 Å². The van der Waals surface area contributed by atoms with E-state index in [0.717, 1.165) is 17.1 Å². The summed E-state index contributed by atoms with van der Waals surface area (Å²) in [7, 11) is 0. The van der Waals surface area contributed by atoms with Gasteiger partial charge in [0, 0.05) is 6.07 Å². The monoisotopic (exact) mass is 329 g/mol. The van der Waals surface area contributed by atoms with Gasteiger partial charge in [0.05, 0.1) is 27.8 Å². The number of nitro groups is 1. The maximum absolute atomic E-state index is 10.5. The van der Waals surface area contributed by atoms with E-state index in [1.807, 2.05) is 0 Å². The van der Waals surface area contributed by atoms with Crippen LogP contribution in [0, 0.1) is 10.1 Å². The predicted octanol–water partition coefficient (Wildman–Crippen LogP) is 2.55. The highest BCUT2D eigenvalue weighted by molar-refractivity contribution is 5.92. The summed E-state index contributed by atoms with van der Waals surface area (Å²) in [6, 6.07) is 9.98. The van der Waals surface area contributed by atoms with Gasteiger partial charge in [-0.25, -0.2) is 14.6 Å². The van der Waals surface area contributed by atoms with E-state index in [4.69, 9.17) is 10.2 Å². The molecule has 0 aliphatic carbocycles. The van der Waals surface area contributed by atoms with Crippen molar-refractivity contribution in [2.75, 3.05) is 0 Å². The highest BCUT2D eigenvalue weighted by Gasteiger charge is 2.17. The largest absolute Gasteiger partial charge is 0.478 e. The number of carbonyl (C=O) groups is 2. The Labute approximate surface area is 134 Å². The lowest BCUT2D eigenvalue weighted by atomic mass is 10.2. The van der Waals surface area contributed by atoms with Crippen LogP contribution < -0.4 is 0 Å². The fourth-order valence-electron chi connectivity index (χ4n) is 1.88. The molecule has 9 nitrogen and oxygen atoms in total. The topological polar surface area (TPSA) is 146 Å². The van der Waals surface area contributed by atoms with E-state index in [2.05, 4.69) is 9.97 Å². The number of hydrogen-bond acceptors (Lipinski definition) is 5. The molecule has 0 fully saturated rings. The lowest BCUT2D eigenvalue weighted by Crippen LogP contribution is -2.01. The Morgan fingerprint density at radius 2 is 1.79 bits per heavy atom. The van der Waals surface area contributed by atoms with Crippen molar-refractivity contribution in [2.24, 2.45) is 0 Å². The molecule has 3 rings (SSSR count). The minimum atomic E-state index is -1.29. The Balaban J connectivity index is 0.000000174. The van der Waals surface area contributed by atoms with Crippen molar-refractivity contribution in [2.45, 2.75) is 0 Å². The molecule has 2 aromatic carbocycles. The number of hydrogen-bond donors (Lipinski definition) is 3. The highest BCUT2D eigenvalue weighted by atomic mass is 16.6. The molecule has 1 heterocycles. The number of carboxylic acids is 2. The van der Waals surface area contributed by atoms with Gasteiger partial charge in [-0.3, -0.25) is 10.1 Å². The molecule has 3 aromatic rings. The summed E-state index contributed by atoms with van der Waals surface area (Å²) in [4.78, 5) is 37.3. The summed E-state index contributed by atoms with van der Waals surface area (Å²) in [5.41, 5.74) is 1.12. The van der Waals surface area contributed by atoms with Crippen molar-refractivity contribution in [3.63, 3.8) is 0 Å². The summed E-state index contributed by atoms with van der Waals surface area (Å²) in [6.07, 6.45) is 1.54. The quantitative estimate of drug-likeness (QED) is 0.494. The van der Waals surface area contributed by atoms with Crippen LogP contribution in [0.4, 0.5) is 5.69 Å². The number of fused-ring (bicyclic) bond motifs is 1. The standard InChI is InChI=1S/C8H6N2O2.C7H5NO4/c11-8(12)5-1-2-6-7(3-5)10-4-9-6;9-7(10)5-3-1-2-4-6(5)8(11)12/h1-4H,(H,9,10)(H,11,12);1-4H,(H,9,10). The van der Waals surface area contributed by atoms with E-state index in [1.165, 1.54) is 30.6 Å². The van der Waals surface area contributed by atoms with Crippen LogP contribution >= 0.6 is 0 Å². The first-order chi connectivity index (χ1) is 11.4. The molecule has 9 heteroatoms. The number of nitrogens with one attached hydrogen (secondary N) is 1. The molecule has 0 bridgehead atoms. The fraction of sp³-hybridized carbons (Fsp3) is 0. The van der Waals surface area contributed by atoms with E-state index < -0.39 is 16.9 Å². The second-order valence-corrected chi connectivity index (χ2v) is 4.52. The molecular formula is C15H11N3O6. The zero-order chi connectivity index (χ0) is 17.7. The Hall–Kier alpha value is -3.75. The van der Waals surface area contributed by atoms with Crippen LogP contribution in [0.1, 0.15) is 20.7 Å². The zero-order valence-electron chi connectivity index (χ0n) is 12.0. The normalized spacial score (nSPS) is 9.83.